The van der Waals surface area contributed by atoms with Crippen LogP contribution in [0.4, 0.5) is 8.78 Å². The minimum atomic E-state index is -1.60. The normalized spacial score (nSPS) is 12.9. The van der Waals surface area contributed by atoms with Crippen molar-refractivity contribution in [1.82, 2.24) is 0 Å². The Morgan fingerprint density at radius 3 is 2.23 bits per heavy atom. The van der Waals surface area contributed by atoms with Gasteiger partial charge in [-0.1, -0.05) is 0 Å². The van der Waals surface area contributed by atoms with Crippen LogP contribution in [0.5, 0.6) is 0 Å². The van der Waals surface area contributed by atoms with E-state index in [1.54, 1.807) is 0 Å². The van der Waals surface area contributed by atoms with E-state index in [9.17, 15) is 13.0 Å². The third-order valence-corrected chi connectivity index (χ3v) is 2.51. The van der Waals surface area contributed by atoms with Gasteiger partial charge in [0.05, 0.1) is 5.75 Å². The van der Waals surface area contributed by atoms with E-state index in [-0.39, 0.29) is 11.3 Å². The summed E-state index contributed by atoms with van der Waals surface area (Å²) in [5, 5.41) is 0. The molecule has 1 nitrogen and oxygen atoms in total. The minimum Gasteiger partial charge on any atom is -0.242 e. The van der Waals surface area contributed by atoms with Crippen molar-refractivity contribution in [2.24, 2.45) is 0 Å². The number of hydrogen-bond acceptors (Lipinski definition) is 1. The van der Waals surface area contributed by atoms with Gasteiger partial charge in [-0.3, -0.25) is 0 Å². The molecule has 1 aromatic carbocycles. The average Bonchev–Trinajstić information content (AvgIpc) is 1.98. The second-order valence-corrected chi connectivity index (χ2v) is 4.52. The SMILES string of the molecule is Cc1c(F)cc(CS(=O)Cl)cc1F. The zero-order chi connectivity index (χ0) is 10.0. The quantitative estimate of drug-likeness (QED) is 0.706. The van der Waals surface area contributed by atoms with E-state index in [0.29, 0.717) is 5.56 Å². The standard InChI is InChI=1S/C8H7ClF2OS/c1-5-7(10)2-6(3-8(5)11)4-13(9)12/h2-3H,4H2,1H3. The van der Waals surface area contributed by atoms with E-state index < -0.39 is 21.6 Å². The summed E-state index contributed by atoms with van der Waals surface area (Å²) in [6.07, 6.45) is 0. The van der Waals surface area contributed by atoms with Crippen LogP contribution in [0, 0.1) is 18.6 Å². The summed E-state index contributed by atoms with van der Waals surface area (Å²) in [7, 11) is 3.58. The smallest absolute Gasteiger partial charge is 0.129 e. The van der Waals surface area contributed by atoms with Crippen LogP contribution >= 0.6 is 10.7 Å². The predicted octanol–water partition coefficient (Wildman–Crippen LogP) is 2.68. The molecule has 5 heteroatoms. The van der Waals surface area contributed by atoms with Crippen LogP contribution in [0.25, 0.3) is 0 Å². The molecule has 0 radical (unpaired) electrons. The molecule has 0 aliphatic rings. The van der Waals surface area contributed by atoms with Gasteiger partial charge < -0.3 is 0 Å². The number of rotatable bonds is 2. The maximum absolute atomic E-state index is 12.9. The van der Waals surface area contributed by atoms with Crippen molar-refractivity contribution in [2.75, 3.05) is 0 Å². The first kappa shape index (κ1) is 10.6. The van der Waals surface area contributed by atoms with Crippen molar-refractivity contribution < 1.29 is 13.0 Å². The summed E-state index contributed by atoms with van der Waals surface area (Å²) < 4.78 is 36.4. The Morgan fingerprint density at radius 1 is 1.38 bits per heavy atom. The Bertz CT molecular complexity index is 331. The second-order valence-electron chi connectivity index (χ2n) is 2.62. The van der Waals surface area contributed by atoms with Gasteiger partial charge in [0.2, 0.25) is 0 Å². The highest BCUT2D eigenvalue weighted by Gasteiger charge is 2.07. The summed E-state index contributed by atoms with van der Waals surface area (Å²) >= 11 is 0. The van der Waals surface area contributed by atoms with Crippen LogP contribution in [-0.2, 0) is 15.8 Å². The highest BCUT2D eigenvalue weighted by Crippen LogP contribution is 2.15. The Hall–Kier alpha value is -0.480. The largest absolute Gasteiger partial charge is 0.242 e. The van der Waals surface area contributed by atoms with E-state index in [2.05, 4.69) is 0 Å². The van der Waals surface area contributed by atoms with Crippen LogP contribution in [0.15, 0.2) is 12.1 Å². The van der Waals surface area contributed by atoms with Crippen molar-refractivity contribution in [2.45, 2.75) is 12.7 Å². The topological polar surface area (TPSA) is 17.1 Å². The van der Waals surface area contributed by atoms with Crippen molar-refractivity contribution in [3.05, 3.63) is 34.9 Å². The molecule has 1 unspecified atom stereocenters. The summed E-state index contributed by atoms with van der Waals surface area (Å²) in [5.41, 5.74) is 0.262. The van der Waals surface area contributed by atoms with Gasteiger partial charge >= 0.3 is 0 Å². The van der Waals surface area contributed by atoms with Gasteiger partial charge in [0, 0.05) is 5.56 Å². The molecule has 72 valence electrons. The zero-order valence-electron chi connectivity index (χ0n) is 6.81. The lowest BCUT2D eigenvalue weighted by atomic mass is 10.1. The summed E-state index contributed by atoms with van der Waals surface area (Å²) in [4.78, 5) is 0. The number of halogens is 3. The monoisotopic (exact) mass is 224 g/mol. The van der Waals surface area contributed by atoms with E-state index in [0.717, 1.165) is 12.1 Å². The van der Waals surface area contributed by atoms with Crippen molar-refractivity contribution in [1.29, 1.82) is 0 Å². The van der Waals surface area contributed by atoms with Gasteiger partial charge in [0.1, 0.15) is 21.6 Å². The van der Waals surface area contributed by atoms with Gasteiger partial charge in [-0.2, -0.15) is 0 Å². The molecule has 0 aliphatic carbocycles. The highest BCUT2D eigenvalue weighted by atomic mass is 35.7. The maximum Gasteiger partial charge on any atom is 0.129 e. The van der Waals surface area contributed by atoms with Crippen molar-refractivity contribution in [3.63, 3.8) is 0 Å². The van der Waals surface area contributed by atoms with Gasteiger partial charge in [0.15, 0.2) is 0 Å². The lowest BCUT2D eigenvalue weighted by Gasteiger charge is -2.02. The molecule has 0 bridgehead atoms. The molecular weight excluding hydrogens is 218 g/mol. The molecule has 13 heavy (non-hydrogen) atoms. The van der Waals surface area contributed by atoms with Crippen molar-refractivity contribution in [3.8, 4) is 0 Å². The van der Waals surface area contributed by atoms with Gasteiger partial charge in [0.25, 0.3) is 0 Å². The molecule has 0 spiro atoms. The zero-order valence-corrected chi connectivity index (χ0v) is 8.38. The van der Waals surface area contributed by atoms with E-state index in [1.807, 2.05) is 0 Å². The average molecular weight is 225 g/mol. The minimum absolute atomic E-state index is 0.0379. The molecule has 0 fully saturated rings. The van der Waals surface area contributed by atoms with E-state index >= 15 is 0 Å². The first-order valence-corrected chi connectivity index (χ1v) is 5.64. The van der Waals surface area contributed by atoms with Crippen molar-refractivity contribution >= 4 is 20.7 Å². The van der Waals surface area contributed by atoms with E-state index in [1.165, 1.54) is 6.92 Å². The molecule has 1 atom stereocenters. The molecule has 0 aromatic heterocycles. The van der Waals surface area contributed by atoms with Gasteiger partial charge in [-0.05, 0) is 35.3 Å². The second kappa shape index (κ2) is 4.15. The lowest BCUT2D eigenvalue weighted by molar-refractivity contribution is 0.566. The molecule has 0 amide bonds. The summed E-state index contributed by atoms with van der Waals surface area (Å²) in [6.45, 7) is 1.34. The van der Waals surface area contributed by atoms with Gasteiger partial charge in [-0.25, -0.2) is 13.0 Å². The maximum atomic E-state index is 12.9. The Labute approximate surface area is 81.7 Å². The third-order valence-electron chi connectivity index (χ3n) is 1.62. The van der Waals surface area contributed by atoms with E-state index in [4.69, 9.17) is 10.7 Å². The van der Waals surface area contributed by atoms with Crippen LogP contribution in [0.2, 0.25) is 0 Å². The molecule has 1 rings (SSSR count). The first-order chi connectivity index (χ1) is 6.00. The number of benzene rings is 1. The third kappa shape index (κ3) is 2.74. The fourth-order valence-electron chi connectivity index (χ4n) is 0.912. The lowest BCUT2D eigenvalue weighted by Crippen LogP contribution is -1.95. The van der Waals surface area contributed by atoms with Crippen LogP contribution in [-0.4, -0.2) is 4.21 Å². The van der Waals surface area contributed by atoms with Crippen LogP contribution < -0.4 is 0 Å². The Kier molecular flexibility index (Phi) is 3.39. The number of hydrogen-bond donors (Lipinski definition) is 0. The molecule has 0 aliphatic heterocycles. The molecular formula is C8H7ClF2OS. The fourth-order valence-corrected chi connectivity index (χ4v) is 1.72. The molecule has 0 N–H and O–H groups in total. The Balaban J connectivity index is 3.06. The molecule has 0 saturated carbocycles. The molecule has 1 aromatic rings. The first-order valence-electron chi connectivity index (χ1n) is 3.50. The molecule has 0 heterocycles. The van der Waals surface area contributed by atoms with Crippen LogP contribution in [0.3, 0.4) is 0 Å². The van der Waals surface area contributed by atoms with Gasteiger partial charge in [-0.15, -0.1) is 0 Å². The fraction of sp³-hybridized carbons (Fsp3) is 0.250. The molecule has 0 saturated heterocycles. The van der Waals surface area contributed by atoms with Crippen LogP contribution in [0.1, 0.15) is 11.1 Å². The Morgan fingerprint density at radius 2 is 1.85 bits per heavy atom. The predicted molar refractivity (Wildman–Crippen MR) is 48.8 cm³/mol. The summed E-state index contributed by atoms with van der Waals surface area (Å²) in [6, 6.07) is 2.28. The summed E-state index contributed by atoms with van der Waals surface area (Å²) in [5.74, 6) is -1.33. The highest BCUT2D eigenvalue weighted by molar-refractivity contribution is 8.07.